The third-order valence-corrected chi connectivity index (χ3v) is 3.28. The molecule has 0 aliphatic heterocycles. The number of primary amides is 1. The molecule has 0 aliphatic rings. The molecule has 0 fully saturated rings. The summed E-state index contributed by atoms with van der Waals surface area (Å²) in [5.74, 6) is -0.197. The molecule has 0 spiro atoms. The first-order chi connectivity index (χ1) is 8.95. The van der Waals surface area contributed by atoms with E-state index < -0.39 is 11.9 Å². The quantitative estimate of drug-likeness (QED) is 0.877. The Labute approximate surface area is 115 Å². The number of benzene rings is 1. The number of alkyl halides is 1. The third-order valence-electron chi connectivity index (χ3n) is 3.05. The number of hydrogen-bond acceptors (Lipinski definition) is 2. The number of fused-ring (bicyclic) bond motifs is 1. The van der Waals surface area contributed by atoms with Crippen molar-refractivity contribution in [2.45, 2.75) is 25.8 Å². The van der Waals surface area contributed by atoms with Crippen molar-refractivity contribution in [1.82, 2.24) is 9.55 Å². The van der Waals surface area contributed by atoms with E-state index in [4.69, 9.17) is 17.3 Å². The van der Waals surface area contributed by atoms with E-state index in [0.717, 1.165) is 0 Å². The van der Waals surface area contributed by atoms with Crippen molar-refractivity contribution in [2.75, 3.05) is 0 Å². The summed E-state index contributed by atoms with van der Waals surface area (Å²) in [6, 6.07) is 3.69. The van der Waals surface area contributed by atoms with Gasteiger partial charge in [-0.25, -0.2) is 9.37 Å². The summed E-state index contributed by atoms with van der Waals surface area (Å²) in [5.41, 5.74) is 6.60. The molecule has 2 N–H and O–H groups in total. The smallest absolute Gasteiger partial charge is 0.240 e. The van der Waals surface area contributed by atoms with Crippen LogP contribution in [0.3, 0.4) is 0 Å². The number of halogens is 2. The summed E-state index contributed by atoms with van der Waals surface area (Å²) < 4.78 is 14.9. The van der Waals surface area contributed by atoms with Crippen LogP contribution in [0.4, 0.5) is 4.39 Å². The fourth-order valence-corrected chi connectivity index (χ4v) is 2.47. The van der Waals surface area contributed by atoms with Crippen LogP contribution < -0.4 is 5.73 Å². The standard InChI is InChI=1S/C13H15ClFN3O/c1-7(2)12(13(16)19)18-10-4-3-8(15)5-9(10)17-11(18)6-14/h3-5,7,12H,6H2,1-2H3,(H2,16,19). The van der Waals surface area contributed by atoms with Gasteiger partial charge < -0.3 is 10.3 Å². The second-order valence-corrected chi connectivity index (χ2v) is 5.02. The summed E-state index contributed by atoms with van der Waals surface area (Å²) in [7, 11) is 0. The molecule has 0 saturated heterocycles. The maximum atomic E-state index is 13.2. The summed E-state index contributed by atoms with van der Waals surface area (Å²) in [5, 5.41) is 0. The average molecular weight is 284 g/mol. The van der Waals surface area contributed by atoms with Crippen LogP contribution >= 0.6 is 11.6 Å². The van der Waals surface area contributed by atoms with Crippen LogP contribution in [-0.2, 0) is 10.7 Å². The summed E-state index contributed by atoms with van der Waals surface area (Å²) in [4.78, 5) is 15.9. The number of carbonyl (C=O) groups is 1. The Kier molecular flexibility index (Phi) is 3.75. The van der Waals surface area contributed by atoms with Gasteiger partial charge in [0.1, 0.15) is 17.7 Å². The SMILES string of the molecule is CC(C)C(C(N)=O)n1c(CCl)nc2cc(F)ccc21. The van der Waals surface area contributed by atoms with E-state index in [9.17, 15) is 9.18 Å². The number of nitrogens with two attached hydrogens (primary N) is 1. The highest BCUT2D eigenvalue weighted by atomic mass is 35.5. The Bertz CT molecular complexity index is 624. The molecule has 0 aliphatic carbocycles. The van der Waals surface area contributed by atoms with Crippen LogP contribution in [0.5, 0.6) is 0 Å². The van der Waals surface area contributed by atoms with Gasteiger partial charge in [0.05, 0.1) is 16.9 Å². The second-order valence-electron chi connectivity index (χ2n) is 4.76. The molecule has 2 aromatic rings. The van der Waals surface area contributed by atoms with Gasteiger partial charge in [0, 0.05) is 6.07 Å². The molecular weight excluding hydrogens is 269 g/mol. The normalized spacial score (nSPS) is 13.1. The van der Waals surface area contributed by atoms with Gasteiger partial charge in [-0.05, 0) is 18.1 Å². The van der Waals surface area contributed by atoms with Crippen molar-refractivity contribution in [2.24, 2.45) is 11.7 Å². The lowest BCUT2D eigenvalue weighted by Crippen LogP contribution is -2.31. The number of nitrogens with zero attached hydrogens (tertiary/aromatic N) is 2. The molecule has 1 amide bonds. The fourth-order valence-electron chi connectivity index (χ4n) is 2.28. The number of imidazole rings is 1. The van der Waals surface area contributed by atoms with Gasteiger partial charge in [0.15, 0.2) is 0 Å². The lowest BCUT2D eigenvalue weighted by atomic mass is 10.0. The van der Waals surface area contributed by atoms with E-state index >= 15 is 0 Å². The lowest BCUT2D eigenvalue weighted by molar-refractivity contribution is -0.122. The number of carbonyl (C=O) groups excluding carboxylic acids is 1. The zero-order valence-corrected chi connectivity index (χ0v) is 11.5. The Morgan fingerprint density at radius 2 is 2.21 bits per heavy atom. The molecule has 0 radical (unpaired) electrons. The minimum atomic E-state index is -0.552. The Hall–Kier alpha value is -1.62. The number of aromatic nitrogens is 2. The first-order valence-electron chi connectivity index (χ1n) is 5.97. The molecule has 1 aromatic heterocycles. The summed E-state index contributed by atoms with van der Waals surface area (Å²) in [6.45, 7) is 3.78. The van der Waals surface area contributed by atoms with Crippen molar-refractivity contribution < 1.29 is 9.18 Å². The molecule has 6 heteroatoms. The molecule has 19 heavy (non-hydrogen) atoms. The van der Waals surface area contributed by atoms with E-state index in [1.54, 1.807) is 10.6 Å². The molecule has 0 saturated carbocycles. The van der Waals surface area contributed by atoms with E-state index in [2.05, 4.69) is 4.98 Å². The second kappa shape index (κ2) is 5.17. The van der Waals surface area contributed by atoms with Gasteiger partial charge in [-0.2, -0.15) is 0 Å². The van der Waals surface area contributed by atoms with Gasteiger partial charge >= 0.3 is 0 Å². The third kappa shape index (κ3) is 2.42. The number of rotatable bonds is 4. The predicted octanol–water partition coefficient (Wildman–Crippen LogP) is 2.60. The highest BCUT2D eigenvalue weighted by Crippen LogP contribution is 2.27. The highest BCUT2D eigenvalue weighted by Gasteiger charge is 2.26. The minimum absolute atomic E-state index is 0.0121. The molecule has 1 aromatic carbocycles. The van der Waals surface area contributed by atoms with Crippen molar-refractivity contribution in [1.29, 1.82) is 0 Å². The van der Waals surface area contributed by atoms with E-state index in [-0.39, 0.29) is 17.6 Å². The van der Waals surface area contributed by atoms with Crippen LogP contribution in [0.2, 0.25) is 0 Å². The van der Waals surface area contributed by atoms with Crippen LogP contribution in [0, 0.1) is 11.7 Å². The van der Waals surface area contributed by atoms with E-state index in [1.165, 1.54) is 12.1 Å². The molecule has 102 valence electrons. The summed E-state index contributed by atoms with van der Waals surface area (Å²) >= 11 is 5.87. The number of amides is 1. The van der Waals surface area contributed by atoms with Crippen LogP contribution in [0.25, 0.3) is 11.0 Å². The molecule has 0 bridgehead atoms. The topological polar surface area (TPSA) is 60.9 Å². The molecule has 2 rings (SSSR count). The molecular formula is C13H15ClFN3O. The van der Waals surface area contributed by atoms with E-state index in [0.29, 0.717) is 16.9 Å². The highest BCUT2D eigenvalue weighted by molar-refractivity contribution is 6.17. The minimum Gasteiger partial charge on any atom is -0.368 e. The van der Waals surface area contributed by atoms with Crippen molar-refractivity contribution in [3.05, 3.63) is 29.8 Å². The average Bonchev–Trinajstić information content (AvgIpc) is 2.66. The molecule has 1 heterocycles. The van der Waals surface area contributed by atoms with Crippen LogP contribution in [-0.4, -0.2) is 15.5 Å². The zero-order valence-electron chi connectivity index (χ0n) is 10.7. The molecule has 1 atom stereocenters. The van der Waals surface area contributed by atoms with Crippen LogP contribution in [0.1, 0.15) is 25.7 Å². The zero-order chi connectivity index (χ0) is 14.2. The van der Waals surface area contributed by atoms with Gasteiger partial charge in [0.25, 0.3) is 0 Å². The Morgan fingerprint density at radius 3 is 2.74 bits per heavy atom. The first-order valence-corrected chi connectivity index (χ1v) is 6.50. The molecule has 1 unspecified atom stereocenters. The van der Waals surface area contributed by atoms with E-state index in [1.807, 2.05) is 13.8 Å². The lowest BCUT2D eigenvalue weighted by Gasteiger charge is -2.21. The Morgan fingerprint density at radius 1 is 1.53 bits per heavy atom. The maximum absolute atomic E-state index is 13.2. The van der Waals surface area contributed by atoms with Crippen LogP contribution in [0.15, 0.2) is 18.2 Å². The predicted molar refractivity (Wildman–Crippen MR) is 72.3 cm³/mol. The Balaban J connectivity index is 2.72. The van der Waals surface area contributed by atoms with Crippen molar-refractivity contribution in [3.63, 3.8) is 0 Å². The maximum Gasteiger partial charge on any atom is 0.240 e. The van der Waals surface area contributed by atoms with Crippen molar-refractivity contribution >= 4 is 28.5 Å². The van der Waals surface area contributed by atoms with Gasteiger partial charge in [-0.3, -0.25) is 4.79 Å². The number of hydrogen-bond donors (Lipinski definition) is 1. The molecule has 4 nitrogen and oxygen atoms in total. The summed E-state index contributed by atoms with van der Waals surface area (Å²) in [6.07, 6.45) is 0. The largest absolute Gasteiger partial charge is 0.368 e. The fraction of sp³-hybridized carbons (Fsp3) is 0.385. The van der Waals surface area contributed by atoms with Gasteiger partial charge in [0.2, 0.25) is 5.91 Å². The monoisotopic (exact) mass is 283 g/mol. The first kappa shape index (κ1) is 13.8. The van der Waals surface area contributed by atoms with Gasteiger partial charge in [-0.1, -0.05) is 13.8 Å². The van der Waals surface area contributed by atoms with Gasteiger partial charge in [-0.15, -0.1) is 11.6 Å². The van der Waals surface area contributed by atoms with Crippen molar-refractivity contribution in [3.8, 4) is 0 Å².